The van der Waals surface area contributed by atoms with Crippen molar-refractivity contribution in [3.63, 3.8) is 0 Å². The molecule has 2 aromatic heterocycles. The Labute approximate surface area is 230 Å². The van der Waals surface area contributed by atoms with Crippen LogP contribution in [-0.2, 0) is 32.6 Å². The number of amides is 2. The molecule has 12 nitrogen and oxygen atoms in total. The molecule has 0 atom stereocenters. The number of aromatic nitrogens is 3. The fourth-order valence-electron chi connectivity index (χ4n) is 4.09. The number of H-pyrrole nitrogens is 1. The van der Waals surface area contributed by atoms with E-state index in [2.05, 4.69) is 30.3 Å². The maximum Gasteiger partial charge on any atom is 0.416 e. The highest BCUT2D eigenvalue weighted by Gasteiger charge is 2.34. The van der Waals surface area contributed by atoms with Crippen LogP contribution in [0.1, 0.15) is 47.3 Å². The Hall–Kier alpha value is -3.35. The van der Waals surface area contributed by atoms with Gasteiger partial charge in [-0.05, 0) is 31.0 Å². The Balaban J connectivity index is 1.62. The van der Waals surface area contributed by atoms with E-state index in [0.717, 1.165) is 31.2 Å². The van der Waals surface area contributed by atoms with Crippen LogP contribution in [-0.4, -0.2) is 49.9 Å². The topological polar surface area (TPSA) is 180 Å². The van der Waals surface area contributed by atoms with Crippen molar-refractivity contribution in [1.29, 1.82) is 0 Å². The third kappa shape index (κ3) is 6.86. The molecule has 0 saturated heterocycles. The monoisotopic (exact) mass is 620 g/mol. The van der Waals surface area contributed by atoms with Gasteiger partial charge in [-0.25, -0.2) is 36.3 Å². The van der Waals surface area contributed by atoms with Crippen molar-refractivity contribution >= 4 is 53.8 Å². The highest BCUT2D eigenvalue weighted by molar-refractivity contribution is 7.93. The molecular weight excluding hydrogens is 597 g/mol. The first-order chi connectivity index (χ1) is 18.6. The predicted octanol–water partition coefficient (Wildman–Crippen LogP) is 3.78. The molecule has 1 aliphatic carbocycles. The van der Waals surface area contributed by atoms with Crippen LogP contribution in [0.4, 0.5) is 28.8 Å². The van der Waals surface area contributed by atoms with Crippen molar-refractivity contribution in [1.82, 2.24) is 19.7 Å². The van der Waals surface area contributed by atoms with Crippen molar-refractivity contribution in [2.45, 2.75) is 47.8 Å². The third-order valence-electron chi connectivity index (χ3n) is 5.94. The van der Waals surface area contributed by atoms with E-state index in [1.165, 1.54) is 12.4 Å². The number of carbonyl (C=O) groups is 2. The second-order valence-corrected chi connectivity index (χ2v) is 13.8. The van der Waals surface area contributed by atoms with Crippen LogP contribution in [0.2, 0.25) is 0 Å². The van der Waals surface area contributed by atoms with Gasteiger partial charge in [-0.2, -0.15) is 13.2 Å². The lowest BCUT2D eigenvalue weighted by molar-refractivity contribution is -0.137. The summed E-state index contributed by atoms with van der Waals surface area (Å²) in [6, 6.07) is 1.38. The molecule has 4 N–H and O–H groups in total. The zero-order chi connectivity index (χ0) is 29.3. The van der Waals surface area contributed by atoms with Gasteiger partial charge in [0.05, 0.1) is 29.7 Å². The van der Waals surface area contributed by atoms with Gasteiger partial charge in [-0.15, -0.1) is 0 Å². The molecule has 1 aromatic carbocycles. The number of carbonyl (C=O) groups excluding carboxylic acids is 2. The van der Waals surface area contributed by atoms with Crippen molar-refractivity contribution in [3.05, 3.63) is 47.4 Å². The maximum absolute atomic E-state index is 13.3. The Morgan fingerprint density at radius 3 is 2.42 bits per heavy atom. The van der Waals surface area contributed by atoms with Crippen LogP contribution in [0.3, 0.4) is 0 Å². The average Bonchev–Trinajstić information content (AvgIpc) is 3.64. The summed E-state index contributed by atoms with van der Waals surface area (Å²) in [4.78, 5) is 36.0. The van der Waals surface area contributed by atoms with Gasteiger partial charge in [-0.3, -0.25) is 10.1 Å². The molecule has 0 spiro atoms. The number of aromatic amines is 1. The van der Waals surface area contributed by atoms with Crippen LogP contribution in [0.5, 0.6) is 0 Å². The number of nitrogens with zero attached hydrogens (tertiary/aromatic N) is 2. The van der Waals surface area contributed by atoms with E-state index >= 15 is 0 Å². The molecule has 1 fully saturated rings. The zero-order valence-corrected chi connectivity index (χ0v) is 23.2. The summed E-state index contributed by atoms with van der Waals surface area (Å²) >= 11 is 0.509. The number of ketones is 1. The van der Waals surface area contributed by atoms with Crippen LogP contribution >= 0.6 is 11.3 Å². The second kappa shape index (κ2) is 11.3. The first-order valence-electron chi connectivity index (χ1n) is 11.7. The number of Topliss-reactive ketones (excluding diaryl/α,β-unsaturated/α-hetero) is 1. The third-order valence-corrected chi connectivity index (χ3v) is 9.78. The molecule has 0 bridgehead atoms. The number of benzene rings is 1. The molecule has 2 heterocycles. The van der Waals surface area contributed by atoms with Crippen molar-refractivity contribution in [2.24, 2.45) is 5.92 Å². The van der Waals surface area contributed by atoms with E-state index in [1.54, 1.807) is 0 Å². The number of imidazole rings is 1. The summed E-state index contributed by atoms with van der Waals surface area (Å²) in [6.07, 6.45) is 1.20. The highest BCUT2D eigenvalue weighted by atomic mass is 32.2. The van der Waals surface area contributed by atoms with E-state index < -0.39 is 65.2 Å². The molecule has 40 heavy (non-hydrogen) atoms. The van der Waals surface area contributed by atoms with Gasteiger partial charge in [0.1, 0.15) is 0 Å². The van der Waals surface area contributed by atoms with Crippen molar-refractivity contribution < 1.29 is 39.6 Å². The fraction of sp³-hybridized carbons (Fsp3) is 0.364. The number of hydrogen-bond donors (Lipinski definition) is 4. The van der Waals surface area contributed by atoms with E-state index in [-0.39, 0.29) is 22.1 Å². The van der Waals surface area contributed by atoms with Crippen LogP contribution in [0.15, 0.2) is 40.0 Å². The molecular formula is C22H23F3N6O6S3. The maximum atomic E-state index is 13.3. The predicted molar refractivity (Wildman–Crippen MR) is 138 cm³/mol. The Bertz CT molecular complexity index is 1630. The van der Waals surface area contributed by atoms with Gasteiger partial charge in [0.25, 0.3) is 9.84 Å². The van der Waals surface area contributed by atoms with Gasteiger partial charge in [0.2, 0.25) is 15.2 Å². The van der Waals surface area contributed by atoms with Gasteiger partial charge in [0.15, 0.2) is 15.1 Å². The first kappa shape index (κ1) is 29.6. The second-order valence-electron chi connectivity index (χ2n) is 8.93. The molecule has 0 radical (unpaired) electrons. The van der Waals surface area contributed by atoms with Gasteiger partial charge in [0, 0.05) is 23.9 Å². The number of sulfonamides is 1. The number of nitrogens with one attached hydrogen (secondary N) is 4. The summed E-state index contributed by atoms with van der Waals surface area (Å²) in [5.74, 6) is -0.987. The number of alkyl halides is 3. The van der Waals surface area contributed by atoms with Crippen molar-refractivity contribution in [2.75, 3.05) is 16.9 Å². The standard InChI is InChI=1S/C22H23F3N6O6S3/c1-39(34,35)28-11-16-18(40(36,37)21-26-8-9-27-21)38-20(30-16)31-19(33)29-15-7-6-13(22(23,24)25)10-14(15)17(32)12-4-2-3-5-12/h6-10,12,28H,2-5,11H2,1H3,(H,26,27)(H2,29,30,31,33). The highest BCUT2D eigenvalue weighted by Crippen LogP contribution is 2.36. The molecule has 2 amide bonds. The van der Waals surface area contributed by atoms with Crippen molar-refractivity contribution in [3.8, 4) is 0 Å². The quantitative estimate of drug-likeness (QED) is 0.261. The molecule has 216 valence electrons. The summed E-state index contributed by atoms with van der Waals surface area (Å²) < 4.78 is 91.0. The molecule has 0 aliphatic heterocycles. The van der Waals surface area contributed by atoms with E-state index in [0.29, 0.717) is 30.2 Å². The lowest BCUT2D eigenvalue weighted by Gasteiger charge is -2.16. The molecule has 1 saturated carbocycles. The lowest BCUT2D eigenvalue weighted by Crippen LogP contribution is -2.23. The summed E-state index contributed by atoms with van der Waals surface area (Å²) in [5, 5.41) is 3.94. The Morgan fingerprint density at radius 2 is 1.82 bits per heavy atom. The van der Waals surface area contributed by atoms with Crippen LogP contribution in [0, 0.1) is 5.92 Å². The number of sulfone groups is 1. The van der Waals surface area contributed by atoms with Gasteiger partial charge in [-0.1, -0.05) is 24.2 Å². The number of thiazole rings is 1. The fourth-order valence-corrected chi connectivity index (χ4v) is 7.14. The average molecular weight is 621 g/mol. The minimum Gasteiger partial charge on any atom is -0.335 e. The number of urea groups is 1. The van der Waals surface area contributed by atoms with Crippen LogP contribution < -0.4 is 15.4 Å². The Morgan fingerprint density at radius 1 is 1.12 bits per heavy atom. The van der Waals surface area contributed by atoms with Gasteiger partial charge >= 0.3 is 12.2 Å². The van der Waals surface area contributed by atoms with E-state index in [4.69, 9.17) is 0 Å². The minimum atomic E-state index is -4.71. The molecule has 3 aromatic rings. The molecule has 1 aliphatic rings. The number of halogens is 3. The molecule has 0 unspecified atom stereocenters. The Kier molecular flexibility index (Phi) is 8.34. The smallest absolute Gasteiger partial charge is 0.335 e. The minimum absolute atomic E-state index is 0.165. The zero-order valence-electron chi connectivity index (χ0n) is 20.7. The van der Waals surface area contributed by atoms with E-state index in [1.807, 2.05) is 0 Å². The van der Waals surface area contributed by atoms with Gasteiger partial charge < -0.3 is 10.3 Å². The van der Waals surface area contributed by atoms with E-state index in [9.17, 15) is 39.6 Å². The summed E-state index contributed by atoms with van der Waals surface area (Å²) in [5.41, 5.74) is -1.74. The first-order valence-corrected chi connectivity index (χ1v) is 15.9. The summed E-state index contributed by atoms with van der Waals surface area (Å²) in [6.45, 7) is -0.521. The lowest BCUT2D eigenvalue weighted by atomic mass is 9.93. The SMILES string of the molecule is CS(=O)(=O)NCc1nc(NC(=O)Nc2ccc(C(F)(F)F)cc2C(=O)C2CCCC2)sc1S(=O)(=O)c1ncc[nH]1. The number of rotatable bonds is 9. The van der Waals surface area contributed by atoms with Crippen LogP contribution in [0.25, 0.3) is 0 Å². The molecule has 4 rings (SSSR count). The number of hydrogen-bond acceptors (Lipinski definition) is 9. The summed E-state index contributed by atoms with van der Waals surface area (Å²) in [7, 11) is -8.02. The molecule has 18 heteroatoms. The largest absolute Gasteiger partial charge is 0.416 e. The number of anilines is 2. The normalized spacial score (nSPS) is 14.8.